The molecule has 0 aliphatic carbocycles. The topological polar surface area (TPSA) is 43.4 Å². The number of rotatable bonds is 6. The van der Waals surface area contributed by atoms with Crippen LogP contribution < -0.4 is 4.74 Å². The Labute approximate surface area is 189 Å². The van der Waals surface area contributed by atoms with Crippen LogP contribution in [-0.2, 0) is 9.59 Å². The second-order valence-corrected chi connectivity index (χ2v) is 9.77. The Balaban J connectivity index is 1.97. The molecule has 0 amide bonds. The van der Waals surface area contributed by atoms with Gasteiger partial charge in [-0.15, -0.1) is 37.9 Å². The van der Waals surface area contributed by atoms with Crippen molar-refractivity contribution < 1.29 is 14.3 Å². The van der Waals surface area contributed by atoms with E-state index in [9.17, 15) is 9.59 Å². The first kappa shape index (κ1) is 23.1. The maximum absolute atomic E-state index is 11.9. The zero-order valence-electron chi connectivity index (χ0n) is 15.1. The van der Waals surface area contributed by atoms with Crippen molar-refractivity contribution in [3.05, 3.63) is 69.3 Å². The molecule has 0 aliphatic heterocycles. The number of carbonyl (C=O) groups is 2. The molecule has 0 N–H and O–H groups in total. The van der Waals surface area contributed by atoms with Gasteiger partial charge < -0.3 is 4.74 Å². The fraction of sp³-hybridized carbons (Fsp3) is 0.100. The van der Waals surface area contributed by atoms with Crippen molar-refractivity contribution in [2.75, 3.05) is 0 Å². The molecule has 2 aromatic carbocycles. The molecule has 2 rings (SSSR count). The molecule has 0 saturated carbocycles. The standard InChI is InChI=1S/C20H18O3S5/c1-12(24)11-18(21)28-17-9-7-16(8-10-17)27-15-5-3-14(4-6-15)23-19(22)13(2)20(25)26/h3-11,24-26H,1-2H3. The van der Waals surface area contributed by atoms with Gasteiger partial charge in [0, 0.05) is 25.0 Å². The molecule has 28 heavy (non-hydrogen) atoms. The van der Waals surface area contributed by atoms with E-state index >= 15 is 0 Å². The van der Waals surface area contributed by atoms with Gasteiger partial charge in [0.2, 0.25) is 5.12 Å². The molecular formula is C20H18O3S5. The molecule has 8 heteroatoms. The molecule has 0 fully saturated rings. The molecule has 2 aromatic rings. The predicted octanol–water partition coefficient (Wildman–Crippen LogP) is 6.29. The van der Waals surface area contributed by atoms with E-state index in [2.05, 4.69) is 37.9 Å². The maximum Gasteiger partial charge on any atom is 0.340 e. The molecular weight excluding hydrogens is 449 g/mol. The fourth-order valence-electron chi connectivity index (χ4n) is 1.88. The lowest BCUT2D eigenvalue weighted by molar-refractivity contribution is -0.130. The van der Waals surface area contributed by atoms with Gasteiger partial charge in [0.1, 0.15) is 5.75 Å². The average molecular weight is 467 g/mol. The second-order valence-electron chi connectivity index (χ2n) is 5.59. The second kappa shape index (κ2) is 11.1. The first-order chi connectivity index (χ1) is 13.2. The Morgan fingerprint density at radius 2 is 1.36 bits per heavy atom. The Kier molecular flexibility index (Phi) is 9.17. The van der Waals surface area contributed by atoms with Crippen LogP contribution in [0.3, 0.4) is 0 Å². The van der Waals surface area contributed by atoms with Gasteiger partial charge >= 0.3 is 5.97 Å². The lowest BCUT2D eigenvalue weighted by Gasteiger charge is -2.07. The highest BCUT2D eigenvalue weighted by Gasteiger charge is 2.10. The van der Waals surface area contributed by atoms with Crippen molar-refractivity contribution in [2.24, 2.45) is 0 Å². The normalized spacial score (nSPS) is 11.1. The van der Waals surface area contributed by atoms with Crippen molar-refractivity contribution >= 4 is 72.5 Å². The summed E-state index contributed by atoms with van der Waals surface area (Å²) in [5, 5.41) is -0.0499. The maximum atomic E-state index is 11.9. The zero-order chi connectivity index (χ0) is 20.7. The quantitative estimate of drug-likeness (QED) is 0.154. The van der Waals surface area contributed by atoms with E-state index in [1.807, 2.05) is 36.4 Å². The molecule has 0 aliphatic rings. The third-order valence-corrected chi connectivity index (χ3v) is 5.92. The lowest BCUT2D eigenvalue weighted by Crippen LogP contribution is -2.09. The van der Waals surface area contributed by atoms with Crippen molar-refractivity contribution in [1.82, 2.24) is 0 Å². The summed E-state index contributed by atoms with van der Waals surface area (Å²) >= 11 is 14.9. The van der Waals surface area contributed by atoms with E-state index in [4.69, 9.17) is 4.74 Å². The third-order valence-electron chi connectivity index (χ3n) is 3.28. The van der Waals surface area contributed by atoms with Gasteiger partial charge in [-0.2, -0.15) is 0 Å². The van der Waals surface area contributed by atoms with E-state index < -0.39 is 5.97 Å². The highest BCUT2D eigenvalue weighted by molar-refractivity contribution is 8.14. The van der Waals surface area contributed by atoms with Gasteiger partial charge in [0.05, 0.1) is 5.57 Å². The van der Waals surface area contributed by atoms with Gasteiger partial charge in [-0.05, 0) is 79.0 Å². The van der Waals surface area contributed by atoms with Crippen molar-refractivity contribution in [1.29, 1.82) is 0 Å². The van der Waals surface area contributed by atoms with E-state index in [-0.39, 0.29) is 5.12 Å². The number of benzene rings is 2. The molecule has 0 heterocycles. The molecule has 0 bridgehead atoms. The van der Waals surface area contributed by atoms with Crippen LogP contribution in [0.2, 0.25) is 0 Å². The third kappa shape index (κ3) is 7.67. The number of allylic oxidation sites excluding steroid dienone is 1. The molecule has 3 nitrogen and oxygen atoms in total. The predicted molar refractivity (Wildman–Crippen MR) is 127 cm³/mol. The minimum atomic E-state index is -0.481. The summed E-state index contributed by atoms with van der Waals surface area (Å²) in [7, 11) is 0. The highest BCUT2D eigenvalue weighted by Crippen LogP contribution is 2.31. The average Bonchev–Trinajstić information content (AvgIpc) is 2.63. The highest BCUT2D eigenvalue weighted by atomic mass is 32.2. The number of thiol groups is 3. The minimum absolute atomic E-state index is 0.0499. The number of hydrogen-bond acceptors (Lipinski definition) is 8. The number of esters is 1. The van der Waals surface area contributed by atoms with Crippen molar-refractivity contribution in [3.63, 3.8) is 0 Å². The minimum Gasteiger partial charge on any atom is -0.423 e. The summed E-state index contributed by atoms with van der Waals surface area (Å²) in [4.78, 5) is 27.2. The molecule has 0 unspecified atom stereocenters. The van der Waals surface area contributed by atoms with E-state index in [0.29, 0.717) is 20.5 Å². The van der Waals surface area contributed by atoms with E-state index in [1.165, 1.54) is 6.08 Å². The van der Waals surface area contributed by atoms with Crippen molar-refractivity contribution in [2.45, 2.75) is 28.5 Å². The summed E-state index contributed by atoms with van der Waals surface area (Å²) in [6.07, 6.45) is 1.50. The summed E-state index contributed by atoms with van der Waals surface area (Å²) in [6, 6.07) is 15.0. The summed E-state index contributed by atoms with van der Waals surface area (Å²) in [5.41, 5.74) is 0.349. The van der Waals surface area contributed by atoms with E-state index in [0.717, 1.165) is 26.4 Å². The molecule has 0 aromatic heterocycles. The summed E-state index contributed by atoms with van der Waals surface area (Å²) < 4.78 is 5.60. The zero-order valence-corrected chi connectivity index (χ0v) is 19.4. The number of carbonyl (C=O) groups excluding carboxylic acids is 2. The summed E-state index contributed by atoms with van der Waals surface area (Å²) in [5.74, 6) is -0.0274. The Hall–Kier alpha value is -1.19. The Morgan fingerprint density at radius 1 is 0.857 bits per heavy atom. The SMILES string of the molecule is CC(S)=CC(=O)Sc1ccc(Sc2ccc(OC(=O)C(C)=C(S)S)cc2)cc1. The van der Waals surface area contributed by atoms with Crippen LogP contribution in [-0.4, -0.2) is 11.1 Å². The van der Waals surface area contributed by atoms with Crippen molar-refractivity contribution in [3.8, 4) is 5.75 Å². The molecule has 146 valence electrons. The summed E-state index contributed by atoms with van der Waals surface area (Å²) in [6.45, 7) is 3.37. The van der Waals surface area contributed by atoms with Crippen LogP contribution in [0, 0.1) is 0 Å². The van der Waals surface area contributed by atoms with Crippen LogP contribution in [0.5, 0.6) is 5.75 Å². The first-order valence-corrected chi connectivity index (χ1v) is 11.0. The van der Waals surface area contributed by atoms with Crippen LogP contribution in [0.15, 0.2) is 84.0 Å². The van der Waals surface area contributed by atoms with Gasteiger partial charge in [-0.3, -0.25) is 4.79 Å². The Morgan fingerprint density at radius 3 is 1.86 bits per heavy atom. The first-order valence-electron chi connectivity index (χ1n) is 8.02. The van der Waals surface area contributed by atoms with Gasteiger partial charge in [0.15, 0.2) is 0 Å². The lowest BCUT2D eigenvalue weighted by atomic mass is 10.3. The number of hydrogen-bond donors (Lipinski definition) is 3. The Bertz CT molecular complexity index is 908. The monoisotopic (exact) mass is 466 g/mol. The molecule has 0 atom stereocenters. The van der Waals surface area contributed by atoms with Gasteiger partial charge in [-0.1, -0.05) is 11.8 Å². The fourth-order valence-corrected chi connectivity index (χ4v) is 3.82. The van der Waals surface area contributed by atoms with Crippen LogP contribution >= 0.6 is 61.4 Å². The smallest absolute Gasteiger partial charge is 0.340 e. The largest absolute Gasteiger partial charge is 0.423 e. The van der Waals surface area contributed by atoms with E-state index in [1.54, 1.807) is 37.7 Å². The molecule has 0 radical (unpaired) electrons. The number of ether oxygens (including phenoxy) is 1. The number of thioether (sulfide) groups is 1. The van der Waals surface area contributed by atoms with Crippen LogP contribution in [0.4, 0.5) is 0 Å². The van der Waals surface area contributed by atoms with Gasteiger partial charge in [0.25, 0.3) is 0 Å². The van der Waals surface area contributed by atoms with Crippen LogP contribution in [0.1, 0.15) is 13.8 Å². The molecule has 0 spiro atoms. The van der Waals surface area contributed by atoms with Crippen LogP contribution in [0.25, 0.3) is 0 Å². The molecule has 0 saturated heterocycles. The van der Waals surface area contributed by atoms with Gasteiger partial charge in [-0.25, -0.2) is 4.79 Å².